The van der Waals surface area contributed by atoms with E-state index in [0.717, 1.165) is 0 Å². The van der Waals surface area contributed by atoms with Crippen molar-refractivity contribution in [3.8, 4) is 11.4 Å². The maximum atomic E-state index is 12.9. The maximum Gasteiger partial charge on any atom is 0.415 e. The molecular formula is C26H30N6O5. The van der Waals surface area contributed by atoms with Gasteiger partial charge in [-0.1, -0.05) is 26.8 Å². The maximum absolute atomic E-state index is 12.9. The molecule has 2 amide bonds. The van der Waals surface area contributed by atoms with Crippen molar-refractivity contribution in [3.63, 3.8) is 0 Å². The van der Waals surface area contributed by atoms with Gasteiger partial charge in [-0.15, -0.1) is 20.4 Å². The molecule has 1 heterocycles. The Kier molecular flexibility index (Phi) is 7.85. The minimum absolute atomic E-state index is 0.0145. The summed E-state index contributed by atoms with van der Waals surface area (Å²) in [5.41, 5.74) is 0.291. The van der Waals surface area contributed by atoms with E-state index in [2.05, 4.69) is 25.7 Å². The standard InChI is InChI=1S/C26H30N6O5/c1-25(2,3)23(35)27-18-12-10-16(11-13-18)21-30-28-20(29-31-21)15-32(24(36)37-26(4,5)6)19-9-7-8-17(14-19)22(33)34/h7-14H,15H2,1-6H3,(H,27,35)(H,33,34). The zero-order valence-electron chi connectivity index (χ0n) is 21.6. The molecule has 0 saturated heterocycles. The summed E-state index contributed by atoms with van der Waals surface area (Å²) in [4.78, 5) is 37.8. The molecule has 0 bridgehead atoms. The normalized spacial score (nSPS) is 11.5. The summed E-state index contributed by atoms with van der Waals surface area (Å²) in [5.74, 6) is -0.843. The molecular weight excluding hydrogens is 476 g/mol. The Balaban J connectivity index is 1.81. The minimum atomic E-state index is -1.13. The van der Waals surface area contributed by atoms with E-state index in [1.165, 1.54) is 23.1 Å². The van der Waals surface area contributed by atoms with Crippen LogP contribution in [-0.4, -0.2) is 49.1 Å². The third-order valence-corrected chi connectivity index (χ3v) is 4.92. The number of benzene rings is 2. The SMILES string of the molecule is CC(C)(C)OC(=O)N(Cc1nnc(-c2ccc(NC(=O)C(C)(C)C)cc2)nn1)c1cccc(C(=O)O)c1. The van der Waals surface area contributed by atoms with Crippen LogP contribution in [0.15, 0.2) is 48.5 Å². The van der Waals surface area contributed by atoms with Gasteiger partial charge >= 0.3 is 12.1 Å². The highest BCUT2D eigenvalue weighted by Crippen LogP contribution is 2.23. The molecule has 0 aliphatic carbocycles. The van der Waals surface area contributed by atoms with Gasteiger partial charge in [0.1, 0.15) is 5.60 Å². The van der Waals surface area contributed by atoms with Crippen LogP contribution in [0.25, 0.3) is 11.4 Å². The van der Waals surface area contributed by atoms with Crippen molar-refractivity contribution >= 4 is 29.3 Å². The number of amides is 2. The second-order valence-corrected chi connectivity index (χ2v) is 10.3. The molecule has 194 valence electrons. The number of carbonyl (C=O) groups is 3. The Labute approximate surface area is 214 Å². The topological polar surface area (TPSA) is 147 Å². The number of carbonyl (C=O) groups excluding carboxylic acids is 2. The van der Waals surface area contributed by atoms with Gasteiger partial charge in [-0.05, 0) is 63.2 Å². The van der Waals surface area contributed by atoms with Crippen LogP contribution in [0.4, 0.5) is 16.2 Å². The second kappa shape index (κ2) is 10.7. The number of hydrogen-bond donors (Lipinski definition) is 2. The molecule has 0 aliphatic rings. The Morgan fingerprint density at radius 1 is 0.919 bits per heavy atom. The average molecular weight is 507 g/mol. The fourth-order valence-corrected chi connectivity index (χ4v) is 2.98. The number of aromatic nitrogens is 4. The number of carboxylic acids is 1. The molecule has 1 aromatic heterocycles. The van der Waals surface area contributed by atoms with Gasteiger partial charge in [-0.3, -0.25) is 9.69 Å². The minimum Gasteiger partial charge on any atom is -0.478 e. The molecule has 3 aromatic rings. The molecule has 0 unspecified atom stereocenters. The van der Waals surface area contributed by atoms with Crippen molar-refractivity contribution in [2.24, 2.45) is 5.41 Å². The Morgan fingerprint density at radius 3 is 2.08 bits per heavy atom. The number of aromatic carboxylic acids is 1. The number of anilines is 2. The molecule has 11 heteroatoms. The molecule has 0 aliphatic heterocycles. The second-order valence-electron chi connectivity index (χ2n) is 10.3. The van der Waals surface area contributed by atoms with Crippen LogP contribution in [0.2, 0.25) is 0 Å². The first-order valence-electron chi connectivity index (χ1n) is 11.5. The molecule has 0 fully saturated rings. The van der Waals surface area contributed by atoms with E-state index in [4.69, 9.17) is 4.74 Å². The van der Waals surface area contributed by atoms with Crippen molar-refractivity contribution in [2.45, 2.75) is 53.7 Å². The molecule has 0 atom stereocenters. The van der Waals surface area contributed by atoms with E-state index in [9.17, 15) is 19.5 Å². The highest BCUT2D eigenvalue weighted by atomic mass is 16.6. The van der Waals surface area contributed by atoms with Crippen LogP contribution >= 0.6 is 0 Å². The summed E-state index contributed by atoms with van der Waals surface area (Å²) in [5, 5.41) is 28.6. The van der Waals surface area contributed by atoms with E-state index in [0.29, 0.717) is 16.9 Å². The largest absolute Gasteiger partial charge is 0.478 e. The molecule has 0 radical (unpaired) electrons. The summed E-state index contributed by atoms with van der Waals surface area (Å²) >= 11 is 0. The smallest absolute Gasteiger partial charge is 0.415 e. The van der Waals surface area contributed by atoms with Gasteiger partial charge in [0.05, 0.1) is 12.1 Å². The first-order chi connectivity index (χ1) is 17.2. The zero-order valence-corrected chi connectivity index (χ0v) is 21.6. The van der Waals surface area contributed by atoms with E-state index in [-0.39, 0.29) is 29.7 Å². The molecule has 11 nitrogen and oxygen atoms in total. The molecule has 0 saturated carbocycles. The van der Waals surface area contributed by atoms with Crippen molar-refractivity contribution in [3.05, 3.63) is 59.9 Å². The Morgan fingerprint density at radius 2 is 1.54 bits per heavy atom. The van der Waals surface area contributed by atoms with E-state index in [1.807, 2.05) is 20.8 Å². The summed E-state index contributed by atoms with van der Waals surface area (Å²) < 4.78 is 5.49. The average Bonchev–Trinajstić information content (AvgIpc) is 2.82. The van der Waals surface area contributed by atoms with Gasteiger partial charge in [0.2, 0.25) is 11.7 Å². The van der Waals surface area contributed by atoms with Gasteiger partial charge in [0.25, 0.3) is 0 Å². The Bertz CT molecular complexity index is 1280. The third kappa shape index (κ3) is 7.53. The number of ether oxygens (including phenoxy) is 1. The fraction of sp³-hybridized carbons (Fsp3) is 0.346. The lowest BCUT2D eigenvalue weighted by atomic mass is 9.95. The van der Waals surface area contributed by atoms with E-state index < -0.39 is 23.1 Å². The first kappa shape index (κ1) is 27.2. The van der Waals surface area contributed by atoms with Gasteiger partial charge in [-0.25, -0.2) is 9.59 Å². The van der Waals surface area contributed by atoms with Crippen LogP contribution in [0.1, 0.15) is 57.7 Å². The monoisotopic (exact) mass is 506 g/mol. The third-order valence-electron chi connectivity index (χ3n) is 4.92. The fourth-order valence-electron chi connectivity index (χ4n) is 2.98. The van der Waals surface area contributed by atoms with Gasteiger partial charge in [0.15, 0.2) is 5.82 Å². The number of nitrogens with one attached hydrogen (secondary N) is 1. The van der Waals surface area contributed by atoms with Crippen molar-refractivity contribution < 1.29 is 24.2 Å². The number of nitrogens with zero attached hydrogens (tertiary/aromatic N) is 5. The molecule has 37 heavy (non-hydrogen) atoms. The van der Waals surface area contributed by atoms with Crippen LogP contribution in [0.3, 0.4) is 0 Å². The molecule has 2 N–H and O–H groups in total. The lowest BCUT2D eigenvalue weighted by molar-refractivity contribution is -0.123. The van der Waals surface area contributed by atoms with Crippen LogP contribution in [0, 0.1) is 5.41 Å². The molecule has 2 aromatic carbocycles. The number of rotatable bonds is 6. The summed E-state index contributed by atoms with van der Waals surface area (Å²) in [6, 6.07) is 12.8. The Hall–Kier alpha value is -4.41. The van der Waals surface area contributed by atoms with Gasteiger partial charge in [0, 0.05) is 22.4 Å². The summed E-state index contributed by atoms with van der Waals surface area (Å²) in [6.45, 7) is 10.5. The first-order valence-corrected chi connectivity index (χ1v) is 11.5. The number of hydrogen-bond acceptors (Lipinski definition) is 8. The van der Waals surface area contributed by atoms with Gasteiger partial charge < -0.3 is 15.2 Å². The molecule has 3 rings (SSSR count). The molecule has 0 spiro atoms. The van der Waals surface area contributed by atoms with Crippen molar-refractivity contribution in [1.29, 1.82) is 0 Å². The quantitative estimate of drug-likeness (QED) is 0.491. The highest BCUT2D eigenvalue weighted by molar-refractivity contribution is 5.94. The van der Waals surface area contributed by atoms with E-state index >= 15 is 0 Å². The van der Waals surface area contributed by atoms with Crippen LogP contribution in [-0.2, 0) is 16.1 Å². The summed E-state index contributed by atoms with van der Waals surface area (Å²) in [6.07, 6.45) is -0.699. The predicted molar refractivity (Wildman–Crippen MR) is 137 cm³/mol. The summed E-state index contributed by atoms with van der Waals surface area (Å²) in [7, 11) is 0. The van der Waals surface area contributed by atoms with E-state index in [1.54, 1.807) is 51.1 Å². The van der Waals surface area contributed by atoms with Crippen LogP contribution in [0.5, 0.6) is 0 Å². The zero-order chi connectivity index (χ0) is 27.4. The van der Waals surface area contributed by atoms with Crippen LogP contribution < -0.4 is 10.2 Å². The highest BCUT2D eigenvalue weighted by Gasteiger charge is 2.26. The van der Waals surface area contributed by atoms with Gasteiger partial charge in [-0.2, -0.15) is 0 Å². The van der Waals surface area contributed by atoms with Crippen molar-refractivity contribution in [1.82, 2.24) is 20.4 Å². The predicted octanol–water partition coefficient (Wildman–Crippen LogP) is 4.56. The lowest BCUT2D eigenvalue weighted by Gasteiger charge is -2.27. The number of carboxylic acid groups (broad SMARTS) is 1. The lowest BCUT2D eigenvalue weighted by Crippen LogP contribution is -2.37. The van der Waals surface area contributed by atoms with Crippen molar-refractivity contribution in [2.75, 3.05) is 10.2 Å².